The Morgan fingerprint density at radius 3 is 2.34 bits per heavy atom. The Balaban J connectivity index is 0.00000352. The Morgan fingerprint density at radius 2 is 1.76 bits per heavy atom. The van der Waals surface area contributed by atoms with Crippen LogP contribution >= 0.6 is 0 Å². The lowest BCUT2D eigenvalue weighted by atomic mass is 9.70. The summed E-state index contributed by atoms with van der Waals surface area (Å²) in [6.07, 6.45) is 12.7. The fourth-order valence-corrected chi connectivity index (χ4v) is 5.03. The van der Waals surface area contributed by atoms with E-state index in [0.717, 1.165) is 32.1 Å². The molecule has 0 aromatic rings. The van der Waals surface area contributed by atoms with Crippen LogP contribution in [0.1, 0.15) is 78.6 Å². The first-order valence-electron chi connectivity index (χ1n) is 13.6. The van der Waals surface area contributed by atoms with Gasteiger partial charge in [0.25, 0.3) is 5.91 Å². The van der Waals surface area contributed by atoms with Gasteiger partial charge in [0, 0.05) is 26.6 Å². The van der Waals surface area contributed by atoms with Crippen molar-refractivity contribution in [2.75, 3.05) is 20.1 Å². The summed E-state index contributed by atoms with van der Waals surface area (Å²) in [5.41, 5.74) is -0.431. The maximum atomic E-state index is 13.8. The fourth-order valence-electron chi connectivity index (χ4n) is 5.03. The molecule has 0 bridgehead atoms. The third-order valence-electron chi connectivity index (χ3n) is 7.12. The molecule has 0 aromatic carbocycles. The summed E-state index contributed by atoms with van der Waals surface area (Å²) >= 11 is 0. The number of hydrogen-bond acceptors (Lipinski definition) is 5. The van der Waals surface area contributed by atoms with E-state index >= 15 is 0 Å². The van der Waals surface area contributed by atoms with Gasteiger partial charge in [-0.05, 0) is 37.5 Å². The lowest BCUT2D eigenvalue weighted by Crippen LogP contribution is -2.61. The highest BCUT2D eigenvalue weighted by Crippen LogP contribution is 2.40. The second-order valence-electron chi connectivity index (χ2n) is 9.73. The van der Waals surface area contributed by atoms with Gasteiger partial charge < -0.3 is 26.2 Å². The minimum atomic E-state index is -1.11. The van der Waals surface area contributed by atoms with Gasteiger partial charge in [0.1, 0.15) is 12.1 Å². The highest BCUT2D eigenvalue weighted by molar-refractivity contribution is 6.38. The van der Waals surface area contributed by atoms with Crippen molar-refractivity contribution in [3.8, 4) is 12.3 Å². The number of Topliss-reactive ketones (excluding diaryl/α,β-unsaturated/α-hetero) is 1. The van der Waals surface area contributed by atoms with Gasteiger partial charge in [-0.3, -0.25) is 19.2 Å². The minimum absolute atomic E-state index is 0.0994. The van der Waals surface area contributed by atoms with Crippen LogP contribution in [0.25, 0.3) is 0 Å². The highest BCUT2D eigenvalue weighted by Gasteiger charge is 2.46. The van der Waals surface area contributed by atoms with E-state index in [1.165, 1.54) is 18.0 Å². The molecule has 38 heavy (non-hydrogen) atoms. The molecule has 2 rings (SSSR count). The van der Waals surface area contributed by atoms with Crippen molar-refractivity contribution in [3.63, 3.8) is 0 Å². The summed E-state index contributed by atoms with van der Waals surface area (Å²) in [5, 5.41) is 10.4. The first kappa shape index (κ1) is 32.7. The lowest BCUT2D eigenvalue weighted by Gasteiger charge is -2.42. The summed E-state index contributed by atoms with van der Waals surface area (Å²) in [6, 6.07) is -3.15. The smallest absolute Gasteiger partial charge is 0.315 e. The molecule has 10 nitrogen and oxygen atoms in total. The quantitative estimate of drug-likeness (QED) is 0.184. The predicted octanol–water partition coefficient (Wildman–Crippen LogP) is 2.04. The van der Waals surface area contributed by atoms with Gasteiger partial charge in [-0.15, -0.1) is 18.9 Å². The average molecular weight is 532 g/mol. The van der Waals surface area contributed by atoms with E-state index in [2.05, 4.69) is 33.8 Å². The number of hydrogen-bond donors (Lipinski definition) is 4. The van der Waals surface area contributed by atoms with Crippen molar-refractivity contribution in [2.24, 2.45) is 5.41 Å². The summed E-state index contributed by atoms with van der Waals surface area (Å²) in [7, 11) is 1.49. The SMILES string of the molecule is C#CCCC(NC(=O)C1CCCN1C(=O)C(NC(=O)NC)C1(C)CCCCC1)C(=O)C(=O)NCC=C.CC. The zero-order chi connectivity index (χ0) is 28.7. The molecule has 1 aliphatic carbocycles. The largest absolute Gasteiger partial charge is 0.346 e. The Bertz CT molecular complexity index is 891. The number of amides is 5. The van der Waals surface area contributed by atoms with E-state index in [9.17, 15) is 24.0 Å². The number of nitrogens with zero attached hydrogens (tertiary/aromatic N) is 1. The average Bonchev–Trinajstić information content (AvgIpc) is 3.43. The van der Waals surface area contributed by atoms with Crippen LogP contribution in [0.15, 0.2) is 12.7 Å². The number of carbonyl (C=O) groups is 5. The highest BCUT2D eigenvalue weighted by atomic mass is 16.2. The molecule has 0 radical (unpaired) electrons. The molecular weight excluding hydrogens is 486 g/mol. The van der Waals surface area contributed by atoms with Crippen LogP contribution in [0.5, 0.6) is 0 Å². The first-order valence-corrected chi connectivity index (χ1v) is 13.6. The van der Waals surface area contributed by atoms with Gasteiger partial charge in [0.2, 0.25) is 17.6 Å². The Kier molecular flexibility index (Phi) is 14.2. The molecule has 212 valence electrons. The third-order valence-corrected chi connectivity index (χ3v) is 7.12. The number of ketones is 1. The molecule has 1 saturated heterocycles. The molecule has 10 heteroatoms. The molecule has 0 aromatic heterocycles. The van der Waals surface area contributed by atoms with Crippen LogP contribution in [-0.4, -0.2) is 72.7 Å². The second kappa shape index (κ2) is 16.5. The van der Waals surface area contributed by atoms with Crippen molar-refractivity contribution < 1.29 is 24.0 Å². The van der Waals surface area contributed by atoms with Crippen LogP contribution in [-0.2, 0) is 19.2 Å². The molecular formula is C28H45N5O5. The van der Waals surface area contributed by atoms with E-state index in [1.54, 1.807) is 0 Å². The van der Waals surface area contributed by atoms with E-state index in [1.807, 2.05) is 20.8 Å². The standard InChI is InChI=1S/C26H39N5O5.C2H6/c1-5-7-12-18(20(32)23(34)28-16-6-2)29-22(33)19-13-11-17-31(19)24(35)21(30-25(36)27-4)26(3)14-9-8-10-15-26;1-2/h1,6,18-19,21H,2,7-17H2,3-4H3,(H,28,34)(H,29,33)(H2,27,30,36);1-2H3. The molecule has 2 aliphatic rings. The van der Waals surface area contributed by atoms with Gasteiger partial charge in [0.05, 0.1) is 6.04 Å². The Labute approximate surface area is 227 Å². The number of rotatable bonds is 11. The summed E-state index contributed by atoms with van der Waals surface area (Å²) < 4.78 is 0. The van der Waals surface area contributed by atoms with Crippen molar-refractivity contribution in [1.29, 1.82) is 0 Å². The van der Waals surface area contributed by atoms with Crippen LogP contribution in [0.4, 0.5) is 4.79 Å². The zero-order valence-corrected chi connectivity index (χ0v) is 23.4. The van der Waals surface area contributed by atoms with Crippen molar-refractivity contribution >= 4 is 29.5 Å². The minimum Gasteiger partial charge on any atom is -0.346 e. The second-order valence-corrected chi connectivity index (χ2v) is 9.73. The van der Waals surface area contributed by atoms with Crippen LogP contribution in [0.3, 0.4) is 0 Å². The van der Waals surface area contributed by atoms with Gasteiger partial charge >= 0.3 is 6.03 Å². The number of urea groups is 1. The van der Waals surface area contributed by atoms with Gasteiger partial charge in [-0.25, -0.2) is 4.79 Å². The van der Waals surface area contributed by atoms with E-state index < -0.39 is 47.2 Å². The molecule has 3 atom stereocenters. The maximum Gasteiger partial charge on any atom is 0.315 e. The molecule has 1 saturated carbocycles. The van der Waals surface area contributed by atoms with Crippen molar-refractivity contribution in [2.45, 2.75) is 96.7 Å². The summed E-state index contributed by atoms with van der Waals surface area (Å²) in [5.74, 6) is -0.0382. The molecule has 1 aliphatic heterocycles. The topological polar surface area (TPSA) is 137 Å². The first-order chi connectivity index (χ1) is 18.2. The van der Waals surface area contributed by atoms with Crippen molar-refractivity contribution in [1.82, 2.24) is 26.2 Å². The number of nitrogens with one attached hydrogen (secondary N) is 4. The maximum absolute atomic E-state index is 13.8. The Hall–Kier alpha value is -3.35. The Morgan fingerprint density at radius 1 is 1.11 bits per heavy atom. The van der Waals surface area contributed by atoms with Gasteiger partial charge in [-0.1, -0.05) is 46.1 Å². The van der Waals surface area contributed by atoms with Crippen molar-refractivity contribution in [3.05, 3.63) is 12.7 Å². The summed E-state index contributed by atoms with van der Waals surface area (Å²) in [4.78, 5) is 65.6. The van der Waals surface area contributed by atoms with E-state index in [4.69, 9.17) is 6.42 Å². The monoisotopic (exact) mass is 531 g/mol. The zero-order valence-electron chi connectivity index (χ0n) is 23.4. The number of terminal acetylenes is 1. The van der Waals surface area contributed by atoms with E-state index in [0.29, 0.717) is 19.4 Å². The molecule has 1 heterocycles. The molecule has 4 N–H and O–H groups in total. The van der Waals surface area contributed by atoms with Gasteiger partial charge in [-0.2, -0.15) is 0 Å². The predicted molar refractivity (Wildman–Crippen MR) is 147 cm³/mol. The number of likely N-dealkylation sites (tertiary alicyclic amines) is 1. The lowest BCUT2D eigenvalue weighted by molar-refractivity contribution is -0.144. The fraction of sp³-hybridized carbons (Fsp3) is 0.679. The van der Waals surface area contributed by atoms with Crippen LogP contribution < -0.4 is 21.3 Å². The normalized spacial score (nSPS) is 19.3. The van der Waals surface area contributed by atoms with Crippen LogP contribution in [0, 0.1) is 17.8 Å². The van der Waals surface area contributed by atoms with Gasteiger partial charge in [0.15, 0.2) is 0 Å². The van der Waals surface area contributed by atoms with Crippen LogP contribution in [0.2, 0.25) is 0 Å². The summed E-state index contributed by atoms with van der Waals surface area (Å²) in [6.45, 7) is 9.98. The molecule has 2 fully saturated rings. The molecule has 0 spiro atoms. The number of carbonyl (C=O) groups excluding carboxylic acids is 5. The third kappa shape index (κ3) is 8.89. The van der Waals surface area contributed by atoms with E-state index in [-0.39, 0.29) is 25.3 Å². The molecule has 3 unspecified atom stereocenters. The molecule has 5 amide bonds.